The lowest BCUT2D eigenvalue weighted by Crippen LogP contribution is -2.26. The molecule has 0 unspecified atom stereocenters. The van der Waals surface area contributed by atoms with Gasteiger partial charge in [-0.25, -0.2) is 0 Å². The largest absolute Gasteiger partial charge is 0.338 e. The average Bonchev–Trinajstić information content (AvgIpc) is 3.23. The Balaban J connectivity index is 0.00000225. The Morgan fingerprint density at radius 3 is 2.56 bits per heavy atom. The number of rotatable bonds is 5. The summed E-state index contributed by atoms with van der Waals surface area (Å²) in [5.41, 5.74) is 9.15. The number of carbonyl (C=O) groups excluding carboxylic acids is 1. The quantitative estimate of drug-likeness (QED) is 0.727. The molecular formula is C17H20ClN5O2. The lowest BCUT2D eigenvalue weighted by Gasteiger charge is -2.06. The highest BCUT2D eigenvalue weighted by Gasteiger charge is 2.14. The summed E-state index contributed by atoms with van der Waals surface area (Å²) in [7, 11) is 1.88. The van der Waals surface area contributed by atoms with Crippen LogP contribution in [0.5, 0.6) is 0 Å². The number of halogens is 1. The third kappa shape index (κ3) is 4.26. The van der Waals surface area contributed by atoms with Crippen LogP contribution in [0.25, 0.3) is 22.4 Å². The van der Waals surface area contributed by atoms with Gasteiger partial charge in [0.1, 0.15) is 5.69 Å². The molecule has 0 aliphatic rings. The number of hydrogen-bond acceptors (Lipinski definition) is 5. The molecule has 2 heterocycles. The van der Waals surface area contributed by atoms with Crippen molar-refractivity contribution in [2.24, 2.45) is 18.7 Å². The third-order valence-electron chi connectivity index (χ3n) is 3.78. The van der Waals surface area contributed by atoms with Crippen molar-refractivity contribution in [2.45, 2.75) is 6.92 Å². The zero-order valence-electron chi connectivity index (χ0n) is 14.0. The molecule has 8 heteroatoms. The summed E-state index contributed by atoms with van der Waals surface area (Å²) >= 11 is 0. The summed E-state index contributed by atoms with van der Waals surface area (Å²) in [5.74, 6) is -0.156. The fraction of sp³-hybridized carbons (Fsp3) is 0.235. The second kappa shape index (κ2) is 7.96. The Bertz CT molecular complexity index is 841. The Morgan fingerprint density at radius 2 is 1.96 bits per heavy atom. The number of amides is 1. The summed E-state index contributed by atoms with van der Waals surface area (Å²) in [5, 5.41) is 10.8. The predicted octanol–water partition coefficient (Wildman–Crippen LogP) is 2.70. The molecule has 0 saturated carbocycles. The summed E-state index contributed by atoms with van der Waals surface area (Å²) < 4.78 is 6.93. The van der Waals surface area contributed by atoms with Crippen LogP contribution in [0.2, 0.25) is 0 Å². The lowest BCUT2D eigenvalue weighted by molar-refractivity contribution is -0.119. The first-order chi connectivity index (χ1) is 11.6. The van der Waals surface area contributed by atoms with Crippen LogP contribution in [-0.4, -0.2) is 27.4 Å². The molecule has 132 valence electrons. The van der Waals surface area contributed by atoms with Crippen molar-refractivity contribution in [3.8, 4) is 22.4 Å². The fourth-order valence-electron chi connectivity index (χ4n) is 2.23. The molecule has 0 aliphatic carbocycles. The highest BCUT2D eigenvalue weighted by atomic mass is 35.5. The number of aryl methyl sites for hydroxylation is 1. The second-order valence-corrected chi connectivity index (χ2v) is 5.68. The van der Waals surface area contributed by atoms with Gasteiger partial charge in [-0.2, -0.15) is 5.10 Å². The van der Waals surface area contributed by atoms with E-state index < -0.39 is 0 Å². The van der Waals surface area contributed by atoms with Crippen molar-refractivity contribution in [3.63, 3.8) is 0 Å². The van der Waals surface area contributed by atoms with Crippen molar-refractivity contribution in [2.75, 3.05) is 11.9 Å². The van der Waals surface area contributed by atoms with Crippen molar-refractivity contribution in [1.82, 2.24) is 14.9 Å². The molecule has 0 radical (unpaired) electrons. The topological polar surface area (TPSA) is 99.0 Å². The average molecular weight is 362 g/mol. The van der Waals surface area contributed by atoms with E-state index in [0.717, 1.165) is 16.7 Å². The zero-order valence-corrected chi connectivity index (χ0v) is 14.8. The van der Waals surface area contributed by atoms with Crippen LogP contribution in [0.4, 0.5) is 5.88 Å². The number of anilines is 1. The molecule has 1 aromatic carbocycles. The Hall–Kier alpha value is -2.64. The number of nitrogens with zero attached hydrogens (tertiary/aromatic N) is 3. The number of nitrogens with one attached hydrogen (secondary N) is 1. The van der Waals surface area contributed by atoms with Crippen LogP contribution in [0.15, 0.2) is 47.2 Å². The van der Waals surface area contributed by atoms with E-state index in [2.05, 4.69) is 15.6 Å². The monoisotopic (exact) mass is 361 g/mol. The molecule has 3 N–H and O–H groups in total. The van der Waals surface area contributed by atoms with Gasteiger partial charge in [0.25, 0.3) is 0 Å². The molecule has 7 nitrogen and oxygen atoms in total. The number of carbonyl (C=O) groups is 1. The molecule has 1 atom stereocenters. The van der Waals surface area contributed by atoms with E-state index in [1.807, 2.05) is 43.7 Å². The van der Waals surface area contributed by atoms with Gasteiger partial charge in [-0.3, -0.25) is 14.8 Å². The standard InChI is InChI=1S/C17H19N5O2.ClH/c1-11(8-18)17(23)20-16-7-15(21-24-16)13-5-3-12(4-6-13)14-9-19-22(2)10-14;/h3-7,9-11H,8,18H2,1-2H3,(H,20,23);1H/t11-;/m1./s1. The van der Waals surface area contributed by atoms with Gasteiger partial charge in [0.15, 0.2) is 0 Å². The first-order valence-electron chi connectivity index (χ1n) is 7.64. The van der Waals surface area contributed by atoms with Crippen LogP contribution >= 0.6 is 12.4 Å². The maximum atomic E-state index is 11.8. The van der Waals surface area contributed by atoms with Gasteiger partial charge in [0.2, 0.25) is 11.8 Å². The number of aromatic nitrogens is 3. The Morgan fingerprint density at radius 1 is 1.28 bits per heavy atom. The smallest absolute Gasteiger partial charge is 0.231 e. The number of hydrogen-bond donors (Lipinski definition) is 2. The van der Waals surface area contributed by atoms with E-state index in [-0.39, 0.29) is 30.8 Å². The summed E-state index contributed by atoms with van der Waals surface area (Å²) in [6, 6.07) is 9.59. The highest BCUT2D eigenvalue weighted by Crippen LogP contribution is 2.25. The normalized spacial score (nSPS) is 11.6. The van der Waals surface area contributed by atoms with Crippen molar-refractivity contribution < 1.29 is 9.32 Å². The Labute approximate surface area is 151 Å². The minimum Gasteiger partial charge on any atom is -0.338 e. The van der Waals surface area contributed by atoms with Gasteiger partial charge in [-0.1, -0.05) is 36.3 Å². The molecule has 0 aliphatic heterocycles. The molecule has 3 aromatic rings. The molecule has 2 aromatic heterocycles. The summed E-state index contributed by atoms with van der Waals surface area (Å²) in [6.07, 6.45) is 3.77. The Kier molecular flexibility index (Phi) is 5.95. The van der Waals surface area contributed by atoms with E-state index in [4.69, 9.17) is 10.3 Å². The molecule has 1 amide bonds. The maximum absolute atomic E-state index is 11.8. The number of nitrogens with two attached hydrogens (primary N) is 1. The van der Waals surface area contributed by atoms with Crippen LogP contribution in [0, 0.1) is 5.92 Å². The van der Waals surface area contributed by atoms with Gasteiger partial charge >= 0.3 is 0 Å². The van der Waals surface area contributed by atoms with Crippen LogP contribution in [0.1, 0.15) is 6.92 Å². The van der Waals surface area contributed by atoms with E-state index in [1.54, 1.807) is 17.7 Å². The minimum absolute atomic E-state index is 0. The van der Waals surface area contributed by atoms with E-state index in [0.29, 0.717) is 11.6 Å². The first-order valence-corrected chi connectivity index (χ1v) is 7.64. The van der Waals surface area contributed by atoms with Crippen LogP contribution < -0.4 is 11.1 Å². The SMILES string of the molecule is C[C@H](CN)C(=O)Nc1cc(-c2ccc(-c3cnn(C)c3)cc2)no1.Cl. The van der Waals surface area contributed by atoms with E-state index in [9.17, 15) is 4.79 Å². The predicted molar refractivity (Wildman–Crippen MR) is 98.2 cm³/mol. The molecule has 25 heavy (non-hydrogen) atoms. The lowest BCUT2D eigenvalue weighted by atomic mass is 10.1. The molecular weight excluding hydrogens is 342 g/mol. The molecule has 0 fully saturated rings. The van der Waals surface area contributed by atoms with Gasteiger partial charge in [0.05, 0.1) is 6.20 Å². The molecule has 3 rings (SSSR count). The van der Waals surface area contributed by atoms with Gasteiger partial charge in [0, 0.05) is 42.9 Å². The zero-order chi connectivity index (χ0) is 17.1. The van der Waals surface area contributed by atoms with Crippen molar-refractivity contribution in [3.05, 3.63) is 42.7 Å². The van der Waals surface area contributed by atoms with Crippen LogP contribution in [0.3, 0.4) is 0 Å². The highest BCUT2D eigenvalue weighted by molar-refractivity contribution is 5.91. The first kappa shape index (κ1) is 18.7. The fourth-order valence-corrected chi connectivity index (χ4v) is 2.23. The van der Waals surface area contributed by atoms with E-state index in [1.165, 1.54) is 0 Å². The maximum Gasteiger partial charge on any atom is 0.231 e. The van der Waals surface area contributed by atoms with Gasteiger partial charge < -0.3 is 10.3 Å². The van der Waals surface area contributed by atoms with E-state index >= 15 is 0 Å². The third-order valence-corrected chi connectivity index (χ3v) is 3.78. The second-order valence-electron chi connectivity index (χ2n) is 5.68. The van der Waals surface area contributed by atoms with Crippen LogP contribution in [-0.2, 0) is 11.8 Å². The molecule has 0 bridgehead atoms. The van der Waals surface area contributed by atoms with Crippen molar-refractivity contribution >= 4 is 24.2 Å². The molecule has 0 saturated heterocycles. The summed E-state index contributed by atoms with van der Waals surface area (Å²) in [4.78, 5) is 11.8. The van der Waals surface area contributed by atoms with Gasteiger partial charge in [-0.15, -0.1) is 12.4 Å². The van der Waals surface area contributed by atoms with Gasteiger partial charge in [-0.05, 0) is 5.56 Å². The number of benzene rings is 1. The minimum atomic E-state index is -0.280. The molecule has 0 spiro atoms. The summed E-state index contributed by atoms with van der Waals surface area (Å²) in [6.45, 7) is 2.03. The van der Waals surface area contributed by atoms with Crippen molar-refractivity contribution in [1.29, 1.82) is 0 Å².